The second kappa shape index (κ2) is 8.33. The summed E-state index contributed by atoms with van der Waals surface area (Å²) < 4.78 is 7.32. The Morgan fingerprint density at radius 2 is 1.81 bits per heavy atom. The van der Waals surface area contributed by atoms with Gasteiger partial charge in [-0.1, -0.05) is 47.2 Å². The molecule has 0 unspecified atom stereocenters. The highest BCUT2D eigenvalue weighted by molar-refractivity contribution is 7.99. The molecule has 6 nitrogen and oxygen atoms in total. The van der Waals surface area contributed by atoms with E-state index in [1.165, 1.54) is 22.9 Å². The van der Waals surface area contributed by atoms with E-state index in [-0.39, 0.29) is 6.61 Å². The van der Waals surface area contributed by atoms with Crippen LogP contribution >= 0.6 is 11.8 Å². The summed E-state index contributed by atoms with van der Waals surface area (Å²) in [5.74, 6) is 1.19. The van der Waals surface area contributed by atoms with Gasteiger partial charge in [-0.25, -0.2) is 0 Å². The van der Waals surface area contributed by atoms with Gasteiger partial charge in [0.1, 0.15) is 12.4 Å². The number of ether oxygens (including phenoxy) is 1. The maximum absolute atomic E-state index is 10.2. The lowest BCUT2D eigenvalue weighted by Gasteiger charge is -2.12. The summed E-state index contributed by atoms with van der Waals surface area (Å²) in [6.45, 7) is 6.33. The van der Waals surface area contributed by atoms with E-state index in [0.29, 0.717) is 10.9 Å². The third-order valence-corrected chi connectivity index (χ3v) is 4.95. The molecular weight excluding hydrogens is 348 g/mol. The summed E-state index contributed by atoms with van der Waals surface area (Å²) in [6, 6.07) is 13.9. The Labute approximate surface area is 157 Å². The third kappa shape index (κ3) is 4.62. The van der Waals surface area contributed by atoms with Crippen LogP contribution < -0.4 is 4.74 Å². The fourth-order valence-corrected chi connectivity index (χ4v) is 3.30. The van der Waals surface area contributed by atoms with Crippen molar-refractivity contribution in [3.8, 4) is 11.4 Å². The molecule has 0 aliphatic carbocycles. The van der Waals surface area contributed by atoms with Gasteiger partial charge in [0.15, 0.2) is 0 Å². The highest BCUT2D eigenvalue weighted by atomic mass is 32.2. The minimum Gasteiger partial charge on any atom is -0.491 e. The van der Waals surface area contributed by atoms with Crippen molar-refractivity contribution in [2.75, 3.05) is 12.4 Å². The second-order valence-electron chi connectivity index (χ2n) is 6.25. The van der Waals surface area contributed by atoms with E-state index in [1.807, 2.05) is 50.2 Å². The maximum Gasteiger partial charge on any atom is 0.214 e. The number of aliphatic hydroxyl groups is 1. The molecule has 0 radical (unpaired) electrons. The van der Waals surface area contributed by atoms with Crippen molar-refractivity contribution in [2.45, 2.75) is 32.0 Å². The molecule has 136 valence electrons. The van der Waals surface area contributed by atoms with Crippen LogP contribution in [0.25, 0.3) is 5.69 Å². The van der Waals surface area contributed by atoms with Crippen molar-refractivity contribution < 1.29 is 9.84 Å². The quantitative estimate of drug-likeness (QED) is 0.644. The molecule has 3 aromatic rings. The van der Waals surface area contributed by atoms with Crippen LogP contribution in [0.5, 0.6) is 5.75 Å². The number of aromatic nitrogens is 4. The van der Waals surface area contributed by atoms with Crippen LogP contribution in [0.2, 0.25) is 0 Å². The molecule has 0 aliphatic rings. The molecule has 1 atom stereocenters. The van der Waals surface area contributed by atoms with Gasteiger partial charge < -0.3 is 9.84 Å². The largest absolute Gasteiger partial charge is 0.491 e. The third-order valence-electron chi connectivity index (χ3n) is 3.89. The van der Waals surface area contributed by atoms with E-state index in [2.05, 4.69) is 28.5 Å². The molecule has 0 aliphatic heterocycles. The average molecular weight is 370 g/mol. The summed E-state index contributed by atoms with van der Waals surface area (Å²) >= 11 is 1.40. The van der Waals surface area contributed by atoms with Crippen LogP contribution in [-0.4, -0.2) is 43.8 Å². The van der Waals surface area contributed by atoms with Gasteiger partial charge in [0.25, 0.3) is 0 Å². The van der Waals surface area contributed by atoms with Crippen LogP contribution in [-0.2, 0) is 0 Å². The van der Waals surface area contributed by atoms with Crippen molar-refractivity contribution in [3.63, 3.8) is 0 Å². The molecule has 7 heteroatoms. The summed E-state index contributed by atoms with van der Waals surface area (Å²) in [6.07, 6.45) is -0.620. The number of hydrogen-bond acceptors (Lipinski definition) is 6. The van der Waals surface area contributed by atoms with Gasteiger partial charge in [-0.3, -0.25) is 0 Å². The molecule has 1 N–H and O–H groups in total. The summed E-state index contributed by atoms with van der Waals surface area (Å²) in [5.41, 5.74) is 4.40. The molecule has 0 saturated heterocycles. The number of aliphatic hydroxyl groups excluding tert-OH is 1. The van der Waals surface area contributed by atoms with Gasteiger partial charge >= 0.3 is 0 Å². The average Bonchev–Trinajstić information content (AvgIpc) is 3.08. The van der Waals surface area contributed by atoms with Crippen molar-refractivity contribution >= 4 is 11.8 Å². The Balaban J connectivity index is 1.58. The zero-order valence-corrected chi connectivity index (χ0v) is 15.9. The fourth-order valence-electron chi connectivity index (χ4n) is 2.51. The Morgan fingerprint density at radius 3 is 2.54 bits per heavy atom. The predicted octanol–water partition coefficient (Wildman–Crippen LogP) is 3.12. The zero-order chi connectivity index (χ0) is 18.5. The zero-order valence-electron chi connectivity index (χ0n) is 15.1. The van der Waals surface area contributed by atoms with Gasteiger partial charge in [-0.15, -0.1) is 5.10 Å². The van der Waals surface area contributed by atoms with Crippen molar-refractivity contribution in [1.82, 2.24) is 20.2 Å². The lowest BCUT2D eigenvalue weighted by atomic mass is 10.1. The Hall–Kier alpha value is -2.38. The Morgan fingerprint density at radius 1 is 1.08 bits per heavy atom. The first-order chi connectivity index (χ1) is 12.5. The van der Waals surface area contributed by atoms with Crippen LogP contribution in [0.1, 0.15) is 16.7 Å². The van der Waals surface area contributed by atoms with Gasteiger partial charge in [-0.05, 0) is 55.0 Å². The van der Waals surface area contributed by atoms with Crippen LogP contribution in [0.4, 0.5) is 0 Å². The van der Waals surface area contributed by atoms with Crippen LogP contribution in [0.15, 0.2) is 47.6 Å². The molecule has 3 rings (SSSR count). The topological polar surface area (TPSA) is 73.1 Å². The van der Waals surface area contributed by atoms with E-state index in [1.54, 1.807) is 4.68 Å². The number of thioether (sulfide) groups is 1. The van der Waals surface area contributed by atoms with Crippen LogP contribution in [0.3, 0.4) is 0 Å². The number of benzene rings is 2. The second-order valence-corrected chi connectivity index (χ2v) is 7.24. The maximum atomic E-state index is 10.2. The highest BCUT2D eigenvalue weighted by Crippen LogP contribution is 2.22. The first-order valence-electron chi connectivity index (χ1n) is 8.39. The first kappa shape index (κ1) is 18.4. The lowest BCUT2D eigenvalue weighted by Crippen LogP contribution is -2.20. The normalized spacial score (nSPS) is 12.2. The molecule has 0 amide bonds. The number of rotatable bonds is 7. The van der Waals surface area contributed by atoms with Gasteiger partial charge in [-0.2, -0.15) is 4.68 Å². The summed E-state index contributed by atoms with van der Waals surface area (Å²) in [5, 5.41) is 22.8. The molecule has 1 heterocycles. The summed E-state index contributed by atoms with van der Waals surface area (Å²) in [7, 11) is 0. The van der Waals surface area contributed by atoms with E-state index < -0.39 is 6.10 Å². The van der Waals surface area contributed by atoms with Crippen molar-refractivity contribution in [3.05, 3.63) is 59.2 Å². The highest BCUT2D eigenvalue weighted by Gasteiger charge is 2.14. The standard InChI is InChI=1S/C19H22N4O2S/c1-13-4-7-17(8-5-13)25-11-16(24)12-26-19-20-21-22-23(19)18-9-6-14(2)10-15(18)3/h4-10,16,24H,11-12H2,1-3H3/t16-/m0/s1. The van der Waals surface area contributed by atoms with Gasteiger partial charge in [0.2, 0.25) is 5.16 Å². The number of tetrazole rings is 1. The monoisotopic (exact) mass is 370 g/mol. The van der Waals surface area contributed by atoms with Crippen LogP contribution in [0, 0.1) is 20.8 Å². The molecular formula is C19H22N4O2S. The van der Waals surface area contributed by atoms with E-state index >= 15 is 0 Å². The molecule has 0 bridgehead atoms. The summed E-state index contributed by atoms with van der Waals surface area (Å²) in [4.78, 5) is 0. The predicted molar refractivity (Wildman–Crippen MR) is 102 cm³/mol. The number of nitrogens with zero attached hydrogens (tertiary/aromatic N) is 4. The number of aryl methyl sites for hydroxylation is 3. The smallest absolute Gasteiger partial charge is 0.214 e. The minimum atomic E-state index is -0.620. The molecule has 1 aromatic heterocycles. The lowest BCUT2D eigenvalue weighted by molar-refractivity contribution is 0.126. The van der Waals surface area contributed by atoms with E-state index in [0.717, 1.165) is 17.0 Å². The number of hydrogen-bond donors (Lipinski definition) is 1. The molecule has 2 aromatic carbocycles. The van der Waals surface area contributed by atoms with Gasteiger partial charge in [0.05, 0.1) is 11.8 Å². The van der Waals surface area contributed by atoms with E-state index in [4.69, 9.17) is 4.74 Å². The minimum absolute atomic E-state index is 0.223. The van der Waals surface area contributed by atoms with E-state index in [9.17, 15) is 5.11 Å². The molecule has 26 heavy (non-hydrogen) atoms. The Bertz CT molecular complexity index is 864. The van der Waals surface area contributed by atoms with Crippen molar-refractivity contribution in [1.29, 1.82) is 0 Å². The molecule has 0 fully saturated rings. The SMILES string of the molecule is Cc1ccc(OC[C@H](O)CSc2nnnn2-c2ccc(C)cc2C)cc1. The fraction of sp³-hybridized carbons (Fsp3) is 0.316. The molecule has 0 saturated carbocycles. The Kier molecular flexibility index (Phi) is 5.90. The first-order valence-corrected chi connectivity index (χ1v) is 9.38. The van der Waals surface area contributed by atoms with Gasteiger partial charge in [0, 0.05) is 5.75 Å². The van der Waals surface area contributed by atoms with Crippen molar-refractivity contribution in [2.24, 2.45) is 0 Å². The molecule has 0 spiro atoms.